The van der Waals surface area contributed by atoms with Crippen molar-refractivity contribution in [1.82, 2.24) is 4.72 Å². The molecule has 0 aliphatic heterocycles. The highest BCUT2D eigenvalue weighted by Gasteiger charge is 2.18. The van der Waals surface area contributed by atoms with E-state index in [0.29, 0.717) is 5.39 Å². The lowest BCUT2D eigenvalue weighted by Gasteiger charge is -2.15. The summed E-state index contributed by atoms with van der Waals surface area (Å²) >= 11 is 0. The van der Waals surface area contributed by atoms with Crippen LogP contribution in [0.25, 0.3) is 10.8 Å². The zero-order chi connectivity index (χ0) is 14.6. The predicted molar refractivity (Wildman–Crippen MR) is 76.9 cm³/mol. The van der Waals surface area contributed by atoms with Crippen LogP contribution in [0.3, 0.4) is 0 Å². The largest absolute Gasteiger partial charge is 0.355 e. The van der Waals surface area contributed by atoms with Crippen molar-refractivity contribution < 1.29 is 17.9 Å². The first-order valence-corrected chi connectivity index (χ1v) is 7.60. The molecule has 108 valence electrons. The van der Waals surface area contributed by atoms with Gasteiger partial charge < -0.3 is 9.47 Å². The van der Waals surface area contributed by atoms with E-state index in [1.807, 2.05) is 24.3 Å². The molecule has 0 bridgehead atoms. The van der Waals surface area contributed by atoms with Crippen LogP contribution in [-0.4, -0.2) is 35.5 Å². The van der Waals surface area contributed by atoms with E-state index in [2.05, 4.69) is 4.72 Å². The lowest BCUT2D eigenvalue weighted by molar-refractivity contribution is -0.0960. The Morgan fingerprint density at radius 3 is 2.40 bits per heavy atom. The molecule has 2 aromatic rings. The summed E-state index contributed by atoms with van der Waals surface area (Å²) in [4.78, 5) is 0.251. The van der Waals surface area contributed by atoms with Crippen molar-refractivity contribution in [3.63, 3.8) is 0 Å². The molecule has 2 rings (SSSR count). The van der Waals surface area contributed by atoms with Gasteiger partial charge in [-0.25, -0.2) is 13.1 Å². The van der Waals surface area contributed by atoms with Gasteiger partial charge in [-0.1, -0.05) is 36.4 Å². The van der Waals surface area contributed by atoms with E-state index in [1.165, 1.54) is 14.2 Å². The van der Waals surface area contributed by atoms with Gasteiger partial charge in [0, 0.05) is 19.6 Å². The maximum absolute atomic E-state index is 12.4. The first-order chi connectivity index (χ1) is 9.58. The number of benzene rings is 2. The molecule has 0 heterocycles. The van der Waals surface area contributed by atoms with E-state index >= 15 is 0 Å². The second-order valence-corrected chi connectivity index (χ2v) is 5.97. The molecule has 0 aliphatic rings. The Kier molecular flexibility index (Phi) is 4.72. The second-order valence-electron chi connectivity index (χ2n) is 4.23. The van der Waals surface area contributed by atoms with E-state index in [9.17, 15) is 8.42 Å². The Hall–Kier alpha value is -1.47. The van der Waals surface area contributed by atoms with Gasteiger partial charge in [-0.15, -0.1) is 0 Å². The fourth-order valence-corrected chi connectivity index (χ4v) is 3.19. The van der Waals surface area contributed by atoms with Crippen molar-refractivity contribution in [3.05, 3.63) is 42.5 Å². The van der Waals surface area contributed by atoms with Gasteiger partial charge in [0.2, 0.25) is 10.0 Å². The van der Waals surface area contributed by atoms with Gasteiger partial charge >= 0.3 is 0 Å². The fraction of sp³-hybridized carbons (Fsp3) is 0.286. The average molecular weight is 295 g/mol. The number of sulfonamides is 1. The van der Waals surface area contributed by atoms with E-state index in [0.717, 1.165) is 5.39 Å². The van der Waals surface area contributed by atoms with Crippen molar-refractivity contribution in [2.75, 3.05) is 20.8 Å². The second kappa shape index (κ2) is 6.32. The first kappa shape index (κ1) is 14.9. The number of ether oxygens (including phenoxy) is 2. The van der Waals surface area contributed by atoms with Gasteiger partial charge in [0.1, 0.15) is 0 Å². The Morgan fingerprint density at radius 1 is 1.05 bits per heavy atom. The van der Waals surface area contributed by atoms with Gasteiger partial charge in [0.05, 0.1) is 11.4 Å². The van der Waals surface area contributed by atoms with Crippen LogP contribution in [0, 0.1) is 0 Å². The predicted octanol–water partition coefficient (Wildman–Crippen LogP) is 1.74. The normalized spacial score (nSPS) is 12.2. The minimum Gasteiger partial charge on any atom is -0.355 e. The molecule has 0 aliphatic carbocycles. The average Bonchev–Trinajstić information content (AvgIpc) is 2.47. The Morgan fingerprint density at radius 2 is 1.70 bits per heavy atom. The number of hydrogen-bond acceptors (Lipinski definition) is 4. The molecule has 1 N–H and O–H groups in total. The maximum Gasteiger partial charge on any atom is 0.241 e. The Bertz CT molecular complexity index is 675. The monoisotopic (exact) mass is 295 g/mol. The summed E-state index contributed by atoms with van der Waals surface area (Å²) in [5, 5.41) is 1.57. The molecule has 0 amide bonds. The smallest absolute Gasteiger partial charge is 0.241 e. The fourth-order valence-electron chi connectivity index (χ4n) is 1.95. The molecule has 6 heteroatoms. The van der Waals surface area contributed by atoms with Gasteiger partial charge in [-0.3, -0.25) is 0 Å². The number of nitrogens with one attached hydrogen (secondary N) is 1. The summed E-state index contributed by atoms with van der Waals surface area (Å²) in [6.45, 7) is 0.0541. The molecular formula is C14H17NO4S. The minimum atomic E-state index is -3.61. The molecule has 0 atom stereocenters. The van der Waals surface area contributed by atoms with Crippen LogP contribution in [0.1, 0.15) is 0 Å². The van der Waals surface area contributed by atoms with Crippen LogP contribution < -0.4 is 4.72 Å². The zero-order valence-corrected chi connectivity index (χ0v) is 12.2. The molecule has 0 fully saturated rings. The highest BCUT2D eigenvalue weighted by Crippen LogP contribution is 2.22. The molecule has 0 saturated heterocycles. The molecular weight excluding hydrogens is 278 g/mol. The maximum atomic E-state index is 12.4. The topological polar surface area (TPSA) is 64.6 Å². The van der Waals surface area contributed by atoms with E-state index in [-0.39, 0.29) is 11.4 Å². The standard InChI is InChI=1S/C14H17NO4S/c1-18-14(19-2)10-15-20(16,17)13-9-5-7-11-6-3-4-8-12(11)13/h3-9,14-15H,10H2,1-2H3. The lowest BCUT2D eigenvalue weighted by Crippen LogP contribution is -2.34. The minimum absolute atomic E-state index is 0.0541. The summed E-state index contributed by atoms with van der Waals surface area (Å²) in [6.07, 6.45) is -0.611. The van der Waals surface area contributed by atoms with Gasteiger partial charge in [0.15, 0.2) is 6.29 Å². The van der Waals surface area contributed by atoms with Crippen LogP contribution in [0.4, 0.5) is 0 Å². The third kappa shape index (κ3) is 3.16. The quantitative estimate of drug-likeness (QED) is 0.824. The number of fused-ring (bicyclic) bond motifs is 1. The van der Waals surface area contributed by atoms with E-state index in [4.69, 9.17) is 9.47 Å². The van der Waals surface area contributed by atoms with E-state index < -0.39 is 16.3 Å². The lowest BCUT2D eigenvalue weighted by atomic mass is 10.1. The molecule has 0 radical (unpaired) electrons. The molecule has 5 nitrogen and oxygen atoms in total. The Labute approximate surface area is 118 Å². The third-order valence-corrected chi connectivity index (χ3v) is 4.49. The number of methoxy groups -OCH3 is 2. The third-order valence-electron chi connectivity index (χ3n) is 3.00. The summed E-state index contributed by atoms with van der Waals surface area (Å²) in [5.41, 5.74) is 0. The number of rotatable bonds is 6. The summed E-state index contributed by atoms with van der Waals surface area (Å²) in [7, 11) is -0.695. The Balaban J connectivity index is 2.32. The van der Waals surface area contributed by atoms with Crippen LogP contribution in [-0.2, 0) is 19.5 Å². The SMILES string of the molecule is COC(CNS(=O)(=O)c1cccc2ccccc12)OC. The molecule has 2 aromatic carbocycles. The number of hydrogen-bond donors (Lipinski definition) is 1. The highest BCUT2D eigenvalue weighted by molar-refractivity contribution is 7.89. The zero-order valence-electron chi connectivity index (χ0n) is 11.4. The van der Waals surface area contributed by atoms with Crippen LogP contribution in [0.2, 0.25) is 0 Å². The van der Waals surface area contributed by atoms with Crippen LogP contribution in [0.15, 0.2) is 47.4 Å². The summed E-state index contributed by atoms with van der Waals surface area (Å²) in [6, 6.07) is 12.5. The van der Waals surface area contributed by atoms with Gasteiger partial charge in [-0.2, -0.15) is 0 Å². The van der Waals surface area contributed by atoms with E-state index in [1.54, 1.807) is 18.2 Å². The molecule has 20 heavy (non-hydrogen) atoms. The van der Waals surface area contributed by atoms with Crippen molar-refractivity contribution in [3.8, 4) is 0 Å². The summed E-state index contributed by atoms with van der Waals surface area (Å²) in [5.74, 6) is 0. The van der Waals surface area contributed by atoms with Crippen molar-refractivity contribution in [1.29, 1.82) is 0 Å². The molecule has 0 spiro atoms. The molecule has 0 saturated carbocycles. The van der Waals surface area contributed by atoms with Crippen LogP contribution >= 0.6 is 0 Å². The first-order valence-electron chi connectivity index (χ1n) is 6.11. The van der Waals surface area contributed by atoms with Crippen molar-refractivity contribution in [2.45, 2.75) is 11.2 Å². The summed E-state index contributed by atoms with van der Waals surface area (Å²) < 4.78 is 37.2. The van der Waals surface area contributed by atoms with Crippen molar-refractivity contribution in [2.24, 2.45) is 0 Å². The van der Waals surface area contributed by atoms with Crippen molar-refractivity contribution >= 4 is 20.8 Å². The highest BCUT2D eigenvalue weighted by atomic mass is 32.2. The van der Waals surface area contributed by atoms with Gasteiger partial charge in [0.25, 0.3) is 0 Å². The molecule has 0 aromatic heterocycles. The van der Waals surface area contributed by atoms with Crippen LogP contribution in [0.5, 0.6) is 0 Å². The van der Waals surface area contributed by atoms with Gasteiger partial charge in [-0.05, 0) is 11.5 Å². The molecule has 0 unspecified atom stereocenters.